The van der Waals surface area contributed by atoms with E-state index in [1.54, 1.807) is 54.6 Å². The highest BCUT2D eigenvalue weighted by Gasteiger charge is 2.42. The fourth-order valence-corrected chi connectivity index (χ4v) is 2.74. The van der Waals surface area contributed by atoms with Crippen LogP contribution in [0.2, 0.25) is 0 Å². The summed E-state index contributed by atoms with van der Waals surface area (Å²) in [4.78, 5) is 36.6. The summed E-state index contributed by atoms with van der Waals surface area (Å²) in [6.45, 7) is 1.35. The van der Waals surface area contributed by atoms with Gasteiger partial charge in [-0.15, -0.1) is 0 Å². The number of fused-ring (bicyclic) bond motifs is 1. The number of hydrogen-bond donors (Lipinski definition) is 0. The van der Waals surface area contributed by atoms with E-state index in [1.165, 1.54) is 6.92 Å². The normalized spacial score (nSPS) is 17.5. The molecule has 0 aromatic heterocycles. The minimum Gasteiger partial charge on any atom is -0.453 e. The highest BCUT2D eigenvalue weighted by molar-refractivity contribution is 6.11. The monoisotopic (exact) mass is 294 g/mol. The molecule has 0 saturated carbocycles. The summed E-state index contributed by atoms with van der Waals surface area (Å²) in [5, 5.41) is 0. The molecular formula is C18H14O4. The van der Waals surface area contributed by atoms with Crippen LogP contribution in [0.25, 0.3) is 0 Å². The molecule has 0 saturated heterocycles. The zero-order valence-electron chi connectivity index (χ0n) is 12.0. The molecule has 110 valence electrons. The third kappa shape index (κ3) is 2.33. The first-order chi connectivity index (χ1) is 10.6. The molecule has 0 N–H and O–H groups in total. The summed E-state index contributed by atoms with van der Waals surface area (Å²) < 4.78 is 5.32. The SMILES string of the molecule is CC(=O)C(C(=O)c1ccccc1)C1OC(=O)c2ccccc21. The smallest absolute Gasteiger partial charge is 0.339 e. The molecule has 1 aliphatic heterocycles. The number of esters is 1. The Morgan fingerprint density at radius 2 is 1.64 bits per heavy atom. The van der Waals surface area contributed by atoms with Gasteiger partial charge in [-0.1, -0.05) is 48.5 Å². The fourth-order valence-electron chi connectivity index (χ4n) is 2.74. The van der Waals surface area contributed by atoms with Gasteiger partial charge in [-0.25, -0.2) is 4.79 Å². The van der Waals surface area contributed by atoms with Gasteiger partial charge >= 0.3 is 5.97 Å². The van der Waals surface area contributed by atoms with Crippen LogP contribution in [0.15, 0.2) is 54.6 Å². The second-order valence-electron chi connectivity index (χ2n) is 5.23. The zero-order valence-corrected chi connectivity index (χ0v) is 12.0. The third-order valence-corrected chi connectivity index (χ3v) is 3.80. The molecule has 4 heteroatoms. The lowest BCUT2D eigenvalue weighted by atomic mass is 9.85. The first-order valence-electron chi connectivity index (χ1n) is 6.99. The predicted octanol–water partition coefficient (Wildman–Crippen LogP) is 2.99. The Kier molecular flexibility index (Phi) is 3.59. The Bertz CT molecular complexity index is 749. The third-order valence-electron chi connectivity index (χ3n) is 3.80. The Hall–Kier alpha value is -2.75. The molecule has 0 fully saturated rings. The minimum absolute atomic E-state index is 0.316. The molecule has 3 rings (SSSR count). The Morgan fingerprint density at radius 1 is 1.00 bits per heavy atom. The zero-order chi connectivity index (χ0) is 15.7. The van der Waals surface area contributed by atoms with Gasteiger partial charge in [0.25, 0.3) is 0 Å². The molecule has 4 nitrogen and oxygen atoms in total. The van der Waals surface area contributed by atoms with Crippen LogP contribution < -0.4 is 0 Å². The van der Waals surface area contributed by atoms with Crippen LogP contribution in [0.4, 0.5) is 0 Å². The maximum Gasteiger partial charge on any atom is 0.339 e. The van der Waals surface area contributed by atoms with E-state index in [9.17, 15) is 14.4 Å². The van der Waals surface area contributed by atoms with Gasteiger partial charge in [-0.3, -0.25) is 9.59 Å². The van der Waals surface area contributed by atoms with Gasteiger partial charge in [-0.05, 0) is 13.0 Å². The van der Waals surface area contributed by atoms with Crippen LogP contribution in [0.5, 0.6) is 0 Å². The predicted molar refractivity (Wildman–Crippen MR) is 79.5 cm³/mol. The molecule has 0 amide bonds. The summed E-state index contributed by atoms with van der Waals surface area (Å²) in [5.74, 6) is -2.16. The van der Waals surface area contributed by atoms with Crippen molar-refractivity contribution in [2.45, 2.75) is 13.0 Å². The van der Waals surface area contributed by atoms with E-state index >= 15 is 0 Å². The number of ketones is 2. The summed E-state index contributed by atoms with van der Waals surface area (Å²) in [6, 6.07) is 15.4. The van der Waals surface area contributed by atoms with Crippen molar-refractivity contribution in [3.8, 4) is 0 Å². The summed E-state index contributed by atoms with van der Waals surface area (Å²) in [6.07, 6.45) is -0.853. The molecule has 22 heavy (non-hydrogen) atoms. The number of cyclic esters (lactones) is 1. The van der Waals surface area contributed by atoms with Gasteiger partial charge in [-0.2, -0.15) is 0 Å². The van der Waals surface area contributed by atoms with Crippen LogP contribution in [-0.4, -0.2) is 17.5 Å². The second kappa shape index (κ2) is 5.56. The van der Waals surface area contributed by atoms with Crippen molar-refractivity contribution in [3.63, 3.8) is 0 Å². The van der Waals surface area contributed by atoms with Gasteiger partial charge in [0.05, 0.1) is 5.56 Å². The summed E-state index contributed by atoms with van der Waals surface area (Å²) in [5.41, 5.74) is 1.44. The van der Waals surface area contributed by atoms with Gasteiger partial charge in [0.2, 0.25) is 0 Å². The number of carbonyl (C=O) groups excluding carboxylic acids is 3. The fraction of sp³-hybridized carbons (Fsp3) is 0.167. The molecule has 1 heterocycles. The van der Waals surface area contributed by atoms with E-state index in [0.717, 1.165) is 0 Å². The van der Waals surface area contributed by atoms with Crippen molar-refractivity contribution in [3.05, 3.63) is 71.3 Å². The Labute approximate surface area is 127 Å². The molecule has 0 spiro atoms. The van der Waals surface area contributed by atoms with Crippen molar-refractivity contribution in [1.82, 2.24) is 0 Å². The van der Waals surface area contributed by atoms with Gasteiger partial charge in [0, 0.05) is 11.1 Å². The quantitative estimate of drug-likeness (QED) is 0.494. The van der Waals surface area contributed by atoms with Gasteiger partial charge < -0.3 is 4.74 Å². The molecule has 0 aliphatic carbocycles. The van der Waals surface area contributed by atoms with E-state index in [4.69, 9.17) is 4.74 Å². The molecule has 2 unspecified atom stereocenters. The number of carbonyl (C=O) groups is 3. The molecule has 2 aromatic carbocycles. The Morgan fingerprint density at radius 3 is 2.32 bits per heavy atom. The molecule has 2 aromatic rings. The first kappa shape index (κ1) is 14.2. The van der Waals surface area contributed by atoms with Crippen molar-refractivity contribution in [2.75, 3.05) is 0 Å². The van der Waals surface area contributed by atoms with Crippen LogP contribution in [0.1, 0.15) is 39.3 Å². The van der Waals surface area contributed by atoms with Crippen molar-refractivity contribution in [2.24, 2.45) is 5.92 Å². The highest BCUT2D eigenvalue weighted by atomic mass is 16.5. The summed E-state index contributed by atoms with van der Waals surface area (Å²) >= 11 is 0. The van der Waals surface area contributed by atoms with Gasteiger partial charge in [0.1, 0.15) is 17.8 Å². The number of hydrogen-bond acceptors (Lipinski definition) is 4. The van der Waals surface area contributed by atoms with E-state index in [1.807, 2.05) is 0 Å². The number of ether oxygens (including phenoxy) is 1. The van der Waals surface area contributed by atoms with Crippen LogP contribution in [0, 0.1) is 5.92 Å². The molecule has 2 atom stereocenters. The lowest BCUT2D eigenvalue weighted by Crippen LogP contribution is -2.29. The lowest BCUT2D eigenvalue weighted by molar-refractivity contribution is -0.122. The first-order valence-corrected chi connectivity index (χ1v) is 6.99. The number of Topliss-reactive ketones (excluding diaryl/α,β-unsaturated/α-hetero) is 2. The van der Waals surface area contributed by atoms with Crippen molar-refractivity contribution in [1.29, 1.82) is 0 Å². The molecule has 1 aliphatic rings. The van der Waals surface area contributed by atoms with Crippen LogP contribution >= 0.6 is 0 Å². The topological polar surface area (TPSA) is 60.4 Å². The highest BCUT2D eigenvalue weighted by Crippen LogP contribution is 2.37. The number of rotatable bonds is 4. The minimum atomic E-state index is -1.02. The lowest BCUT2D eigenvalue weighted by Gasteiger charge is -2.19. The maximum atomic E-state index is 12.7. The molecule has 0 radical (unpaired) electrons. The molecular weight excluding hydrogens is 280 g/mol. The number of benzene rings is 2. The molecule has 0 bridgehead atoms. The Balaban J connectivity index is 2.02. The van der Waals surface area contributed by atoms with E-state index < -0.39 is 18.0 Å². The van der Waals surface area contributed by atoms with E-state index in [0.29, 0.717) is 16.7 Å². The standard InChI is InChI=1S/C18H14O4/c1-11(19)15(16(20)12-7-3-2-4-8-12)17-13-9-5-6-10-14(13)18(21)22-17/h2-10,15,17H,1H3. The maximum absolute atomic E-state index is 12.7. The largest absolute Gasteiger partial charge is 0.453 e. The van der Waals surface area contributed by atoms with Crippen LogP contribution in [-0.2, 0) is 9.53 Å². The van der Waals surface area contributed by atoms with E-state index in [-0.39, 0.29) is 11.6 Å². The van der Waals surface area contributed by atoms with Gasteiger partial charge in [0.15, 0.2) is 5.78 Å². The van der Waals surface area contributed by atoms with E-state index in [2.05, 4.69) is 0 Å². The second-order valence-corrected chi connectivity index (χ2v) is 5.23. The summed E-state index contributed by atoms with van der Waals surface area (Å²) in [7, 11) is 0. The van der Waals surface area contributed by atoms with Crippen molar-refractivity contribution >= 4 is 17.5 Å². The van der Waals surface area contributed by atoms with Crippen molar-refractivity contribution < 1.29 is 19.1 Å². The average Bonchev–Trinajstić information content (AvgIpc) is 2.85. The average molecular weight is 294 g/mol. The van der Waals surface area contributed by atoms with Crippen LogP contribution in [0.3, 0.4) is 0 Å².